The van der Waals surface area contributed by atoms with Crippen molar-refractivity contribution < 1.29 is 54.6 Å². The largest absolute Gasteiger partial charge is 0.481 e. The maximum atomic E-state index is 14.3. The quantitative estimate of drug-likeness (QED) is 0.0544. The first-order chi connectivity index (χ1) is 19.0. The summed E-state index contributed by atoms with van der Waals surface area (Å²) >= 11 is 0. The molecule has 0 spiro atoms. The average molecular weight is 574 g/mol. The molecule has 0 aromatic heterocycles. The fourth-order valence-corrected chi connectivity index (χ4v) is 4.56. The summed E-state index contributed by atoms with van der Waals surface area (Å²) in [5.41, 5.74) is 0. The lowest BCUT2D eigenvalue weighted by Crippen LogP contribution is -2.15. The van der Waals surface area contributed by atoms with Crippen molar-refractivity contribution >= 4 is 28.3 Å². The molecule has 1 aliphatic carbocycles. The van der Waals surface area contributed by atoms with Gasteiger partial charge in [0.25, 0.3) is 0 Å². The Morgan fingerprint density at radius 2 is 1.45 bits per heavy atom. The van der Waals surface area contributed by atoms with Crippen LogP contribution in [-0.4, -0.2) is 31.3 Å². The summed E-state index contributed by atoms with van der Waals surface area (Å²) in [6.07, 6.45) is 9.68. The molecule has 2 aromatic rings. The zero-order valence-corrected chi connectivity index (χ0v) is 21.3. The minimum absolute atomic E-state index is 0.0232. The number of carbonyl (C=O) groups is 3. The monoisotopic (exact) mass is 574 g/mol. The second-order valence-corrected chi connectivity index (χ2v) is 9.18. The van der Waals surface area contributed by atoms with Gasteiger partial charge in [0.05, 0.1) is 17.9 Å². The predicted molar refractivity (Wildman–Crippen MR) is 129 cm³/mol. The molecule has 3 rings (SSSR count). The molecule has 40 heavy (non-hydrogen) atoms. The van der Waals surface area contributed by atoms with Crippen molar-refractivity contribution in [1.29, 1.82) is 0 Å². The number of ketones is 2. The van der Waals surface area contributed by atoms with Gasteiger partial charge in [0, 0.05) is 18.8 Å². The number of ether oxygens (including phenoxy) is 2. The number of allylic oxidation sites excluding steroid dienone is 3. The normalized spacial score (nSPS) is 17.4. The maximum absolute atomic E-state index is 14.3. The number of unbranched alkanes of at least 4 members (excludes halogenated alkanes) is 1. The van der Waals surface area contributed by atoms with Gasteiger partial charge >= 0.3 is 5.97 Å². The number of rotatable bonds is 12. The first-order valence-electron chi connectivity index (χ1n) is 12.4. The maximum Gasteiger partial charge on any atom is 0.305 e. The lowest BCUT2D eigenvalue weighted by atomic mass is 9.90. The first-order valence-corrected chi connectivity index (χ1v) is 12.4. The van der Waals surface area contributed by atoms with Crippen molar-refractivity contribution in [2.24, 2.45) is 11.8 Å². The Morgan fingerprint density at radius 1 is 0.850 bits per heavy atom. The van der Waals surface area contributed by atoms with Crippen molar-refractivity contribution in [1.82, 2.24) is 0 Å². The van der Waals surface area contributed by atoms with Gasteiger partial charge in [-0.25, -0.2) is 26.3 Å². The van der Waals surface area contributed by atoms with E-state index in [9.17, 15) is 45.1 Å². The summed E-state index contributed by atoms with van der Waals surface area (Å²) in [5.74, 6) is -19.4. The number of carbonyl (C=O) groups excluding carboxylic acids is 3. The van der Waals surface area contributed by atoms with Crippen molar-refractivity contribution in [2.75, 3.05) is 13.7 Å². The second-order valence-electron chi connectivity index (χ2n) is 9.18. The third-order valence-electron chi connectivity index (χ3n) is 6.64. The minimum Gasteiger partial charge on any atom is -0.481 e. The van der Waals surface area contributed by atoms with Gasteiger partial charge in [0.2, 0.25) is 5.82 Å². The summed E-state index contributed by atoms with van der Waals surface area (Å²) < 4.78 is 107. The molecular weight excluding hydrogens is 549 g/mol. The zero-order chi connectivity index (χ0) is 29.6. The van der Waals surface area contributed by atoms with Crippen molar-refractivity contribution in [3.05, 3.63) is 65.0 Å². The zero-order valence-electron chi connectivity index (χ0n) is 21.3. The topological polar surface area (TPSA) is 69.7 Å². The van der Waals surface area contributed by atoms with Crippen LogP contribution in [0.2, 0.25) is 0 Å². The Morgan fingerprint density at radius 3 is 2.10 bits per heavy atom. The Hall–Kier alpha value is -3.70. The van der Waals surface area contributed by atoms with Gasteiger partial charge in [-0.05, 0) is 44.1 Å². The molecule has 0 saturated heterocycles. The van der Waals surface area contributed by atoms with Crippen LogP contribution in [0.25, 0.3) is 10.8 Å². The van der Waals surface area contributed by atoms with Gasteiger partial charge in [0.1, 0.15) is 5.78 Å². The third-order valence-corrected chi connectivity index (χ3v) is 6.64. The van der Waals surface area contributed by atoms with Crippen molar-refractivity contribution in [2.45, 2.75) is 44.9 Å². The molecule has 0 amide bonds. The summed E-state index contributed by atoms with van der Waals surface area (Å²) in [6, 6.07) is 0. The Balaban J connectivity index is 1.65. The molecule has 0 radical (unpaired) electrons. The number of halogens is 7. The Bertz CT molecular complexity index is 1360. The SMILES string of the molecule is COC(=O)CC/C=C\CCC[C@H]1C(=O)CC[C@@H]1/C=C/C(=O)COc1c(F)c(F)c(F)c2c(F)c(F)c(F)c(F)c12. The van der Waals surface area contributed by atoms with E-state index in [4.69, 9.17) is 4.74 Å². The molecule has 5 nitrogen and oxygen atoms in total. The first kappa shape index (κ1) is 30.8. The van der Waals surface area contributed by atoms with E-state index < -0.39 is 69.6 Å². The highest BCUT2D eigenvalue weighted by Gasteiger charge is 2.33. The van der Waals surface area contributed by atoms with Crippen LogP contribution in [-0.2, 0) is 19.1 Å². The van der Waals surface area contributed by atoms with Crippen LogP contribution >= 0.6 is 0 Å². The Labute approximate surface area is 224 Å². The minimum atomic E-state index is -2.44. The summed E-state index contributed by atoms with van der Waals surface area (Å²) in [4.78, 5) is 35.7. The van der Waals surface area contributed by atoms with E-state index in [1.54, 1.807) is 0 Å². The number of methoxy groups -OCH3 is 1. The van der Waals surface area contributed by atoms with Crippen LogP contribution in [0.1, 0.15) is 44.9 Å². The average Bonchev–Trinajstić information content (AvgIpc) is 3.29. The fraction of sp³-hybridized carbons (Fsp3) is 0.393. The van der Waals surface area contributed by atoms with Crippen LogP contribution in [0.15, 0.2) is 24.3 Å². The van der Waals surface area contributed by atoms with Crippen molar-refractivity contribution in [3.63, 3.8) is 0 Å². The number of Topliss-reactive ketones (excluding diaryl/α,β-unsaturated/α-hetero) is 1. The van der Waals surface area contributed by atoms with E-state index in [-0.39, 0.29) is 30.0 Å². The molecule has 12 heteroatoms. The van der Waals surface area contributed by atoms with Crippen LogP contribution < -0.4 is 4.74 Å². The van der Waals surface area contributed by atoms with Crippen LogP contribution in [0.4, 0.5) is 30.7 Å². The molecule has 1 saturated carbocycles. The molecule has 0 unspecified atom stereocenters. The smallest absolute Gasteiger partial charge is 0.305 e. The van der Waals surface area contributed by atoms with Crippen LogP contribution in [0.3, 0.4) is 0 Å². The number of hydrogen-bond donors (Lipinski definition) is 0. The molecule has 0 N–H and O–H groups in total. The van der Waals surface area contributed by atoms with Gasteiger partial charge in [0.15, 0.2) is 53.0 Å². The standard InChI is InChI=1S/C28H25F7O5/c1-39-18(38)8-6-4-2-3-5-7-16-14(10-12-17(16)37)9-11-15(36)13-40-28-20-19(22(30)26(34)27(28)35)21(29)24(32)25(33)23(20)31/h2,4,9,11,14,16H,3,5-8,10,12-13H2,1H3/b4-2-,11-9+/t14-,16+/m0/s1. The van der Waals surface area contributed by atoms with E-state index >= 15 is 0 Å². The van der Waals surface area contributed by atoms with Gasteiger partial charge in [-0.3, -0.25) is 14.4 Å². The van der Waals surface area contributed by atoms with Crippen LogP contribution in [0, 0.1) is 52.6 Å². The number of benzene rings is 2. The molecule has 0 bridgehead atoms. The van der Waals surface area contributed by atoms with Crippen molar-refractivity contribution in [3.8, 4) is 5.75 Å². The van der Waals surface area contributed by atoms with E-state index in [0.29, 0.717) is 38.5 Å². The molecule has 2 atom stereocenters. The molecule has 0 aliphatic heterocycles. The molecule has 1 aliphatic rings. The van der Waals surface area contributed by atoms with E-state index in [1.165, 1.54) is 13.2 Å². The van der Waals surface area contributed by atoms with E-state index in [2.05, 4.69) is 4.74 Å². The molecule has 1 fully saturated rings. The Kier molecular flexibility index (Phi) is 10.5. The lowest BCUT2D eigenvalue weighted by molar-refractivity contribution is -0.140. The van der Waals surface area contributed by atoms with Gasteiger partial charge in [-0.2, -0.15) is 4.39 Å². The molecule has 216 valence electrons. The highest BCUT2D eigenvalue weighted by Crippen LogP contribution is 2.39. The van der Waals surface area contributed by atoms with E-state index in [1.807, 2.05) is 12.2 Å². The summed E-state index contributed by atoms with van der Waals surface area (Å²) in [7, 11) is 1.30. The second kappa shape index (κ2) is 13.6. The highest BCUT2D eigenvalue weighted by molar-refractivity contribution is 5.93. The number of esters is 1. The summed E-state index contributed by atoms with van der Waals surface area (Å²) in [5, 5.41) is -3.25. The predicted octanol–water partition coefficient (Wildman–Crippen LogP) is 6.59. The molecule has 0 heterocycles. The molecule has 2 aromatic carbocycles. The van der Waals surface area contributed by atoms with Crippen LogP contribution in [0.5, 0.6) is 5.75 Å². The fourth-order valence-electron chi connectivity index (χ4n) is 4.56. The number of fused-ring (bicyclic) bond motifs is 1. The lowest BCUT2D eigenvalue weighted by Gasteiger charge is -2.15. The molecular formula is C28H25F7O5. The summed E-state index contributed by atoms with van der Waals surface area (Å²) in [6.45, 7) is -1.06. The highest BCUT2D eigenvalue weighted by atomic mass is 19.2. The van der Waals surface area contributed by atoms with E-state index in [0.717, 1.165) is 6.08 Å². The van der Waals surface area contributed by atoms with Gasteiger partial charge in [-0.1, -0.05) is 18.2 Å². The third kappa shape index (κ3) is 6.71. The van der Waals surface area contributed by atoms with Gasteiger partial charge < -0.3 is 9.47 Å². The number of hydrogen-bond acceptors (Lipinski definition) is 5. The van der Waals surface area contributed by atoms with Gasteiger partial charge in [-0.15, -0.1) is 0 Å².